The molecular weight excluding hydrogens is 294 g/mol. The van der Waals surface area contributed by atoms with Crippen molar-refractivity contribution in [3.63, 3.8) is 0 Å². The van der Waals surface area contributed by atoms with Crippen LogP contribution in [0.4, 0.5) is 0 Å². The Hall–Kier alpha value is -1.85. The lowest BCUT2D eigenvalue weighted by molar-refractivity contribution is -0.123. The van der Waals surface area contributed by atoms with Crippen molar-refractivity contribution < 1.29 is 19.7 Å². The third-order valence-corrected chi connectivity index (χ3v) is 5.48. The molecule has 0 unspecified atom stereocenters. The summed E-state index contributed by atoms with van der Waals surface area (Å²) in [6.07, 6.45) is 3.78. The summed E-state index contributed by atoms with van der Waals surface area (Å²) < 4.78 is 5.24. The molecule has 5 nitrogen and oxygen atoms in total. The quantitative estimate of drug-likeness (QED) is 0.772. The lowest BCUT2D eigenvalue weighted by Gasteiger charge is -2.54. The number of hydrogen-bond acceptors (Lipinski definition) is 5. The zero-order chi connectivity index (χ0) is 16.8. The van der Waals surface area contributed by atoms with Gasteiger partial charge in [0.2, 0.25) is 0 Å². The molecule has 3 atom stereocenters. The highest BCUT2D eigenvalue weighted by Gasteiger charge is 2.58. The monoisotopic (exact) mass is 317 g/mol. The summed E-state index contributed by atoms with van der Waals surface area (Å²) in [5.74, 6) is 0.337. The van der Waals surface area contributed by atoms with E-state index < -0.39 is 11.0 Å². The van der Waals surface area contributed by atoms with Gasteiger partial charge in [-0.15, -0.1) is 0 Å². The highest BCUT2D eigenvalue weighted by Crippen LogP contribution is 2.53. The lowest BCUT2D eigenvalue weighted by atomic mass is 9.55. The van der Waals surface area contributed by atoms with Crippen LogP contribution in [0.3, 0.4) is 0 Å². The van der Waals surface area contributed by atoms with Crippen LogP contribution in [0, 0.1) is 6.92 Å². The van der Waals surface area contributed by atoms with Crippen LogP contribution < -0.4 is 10.1 Å². The Morgan fingerprint density at radius 3 is 2.83 bits per heavy atom. The van der Waals surface area contributed by atoms with E-state index in [1.54, 1.807) is 12.1 Å². The van der Waals surface area contributed by atoms with Crippen LogP contribution in [0.5, 0.6) is 11.5 Å². The molecule has 1 saturated heterocycles. The number of aryl methyl sites for hydroxylation is 1. The van der Waals surface area contributed by atoms with E-state index >= 15 is 0 Å². The van der Waals surface area contributed by atoms with E-state index in [1.807, 2.05) is 19.9 Å². The Kier molecular flexibility index (Phi) is 3.73. The van der Waals surface area contributed by atoms with Gasteiger partial charge in [-0.05, 0) is 50.6 Å². The number of piperidine rings is 1. The molecular formula is C18H23NO4. The number of aromatic hydroxyl groups is 1. The predicted molar refractivity (Wildman–Crippen MR) is 86.9 cm³/mol. The Balaban J connectivity index is 2.30. The highest BCUT2D eigenvalue weighted by atomic mass is 16.5. The second-order valence-electron chi connectivity index (χ2n) is 6.62. The molecule has 0 bridgehead atoms. The predicted octanol–water partition coefficient (Wildman–Crippen LogP) is 1.59. The number of carbonyl (C=O) groups is 1. The fraction of sp³-hybridized carbons (Fsp3) is 0.500. The standard InChI is InChI=1S/C18H23NO4/c1-11-4-5-14(23-3)16(21)15(11)17-8-9-19-12(2)18(17,22)7-6-13(20)10-17/h4-7,12,19,21-22H,8-10H2,1-3H3/t12-,17-,18-/m1/s1. The van der Waals surface area contributed by atoms with Crippen LogP contribution >= 0.6 is 0 Å². The van der Waals surface area contributed by atoms with E-state index in [0.717, 1.165) is 5.56 Å². The molecule has 124 valence electrons. The molecule has 23 heavy (non-hydrogen) atoms. The largest absolute Gasteiger partial charge is 0.504 e. The number of ether oxygens (including phenoxy) is 1. The molecule has 0 aromatic heterocycles. The van der Waals surface area contributed by atoms with Gasteiger partial charge in [0.05, 0.1) is 7.11 Å². The summed E-state index contributed by atoms with van der Waals surface area (Å²) in [5.41, 5.74) is -0.635. The van der Waals surface area contributed by atoms with Crippen molar-refractivity contribution in [2.45, 2.75) is 43.7 Å². The van der Waals surface area contributed by atoms with Crippen LogP contribution in [0.15, 0.2) is 24.3 Å². The number of aliphatic hydroxyl groups is 1. The fourth-order valence-corrected chi connectivity index (χ4v) is 4.24. The summed E-state index contributed by atoms with van der Waals surface area (Å²) in [5, 5.41) is 25.5. The van der Waals surface area contributed by atoms with E-state index in [2.05, 4.69) is 5.32 Å². The average Bonchev–Trinajstić information content (AvgIpc) is 2.50. The molecule has 0 amide bonds. The number of ketones is 1. The second-order valence-corrected chi connectivity index (χ2v) is 6.62. The Morgan fingerprint density at radius 1 is 1.39 bits per heavy atom. The number of allylic oxidation sites excluding steroid dienone is 1. The first-order chi connectivity index (χ1) is 10.9. The molecule has 0 radical (unpaired) electrons. The number of fused-ring (bicyclic) bond motifs is 1. The van der Waals surface area contributed by atoms with Gasteiger partial charge in [0.25, 0.3) is 0 Å². The minimum atomic E-state index is -1.24. The van der Waals surface area contributed by atoms with Crippen LogP contribution in [0.25, 0.3) is 0 Å². The van der Waals surface area contributed by atoms with Gasteiger partial charge >= 0.3 is 0 Å². The number of nitrogens with one attached hydrogen (secondary N) is 1. The van der Waals surface area contributed by atoms with Gasteiger partial charge in [-0.2, -0.15) is 0 Å². The number of benzene rings is 1. The van der Waals surface area contributed by atoms with E-state index in [9.17, 15) is 15.0 Å². The maximum Gasteiger partial charge on any atom is 0.161 e. The van der Waals surface area contributed by atoms with Crippen molar-refractivity contribution in [3.8, 4) is 11.5 Å². The molecule has 1 aliphatic heterocycles. The molecule has 3 N–H and O–H groups in total. The van der Waals surface area contributed by atoms with E-state index in [0.29, 0.717) is 24.3 Å². The molecule has 1 aromatic carbocycles. The molecule has 3 rings (SSSR count). The van der Waals surface area contributed by atoms with Crippen LogP contribution in [0.1, 0.15) is 30.9 Å². The number of methoxy groups -OCH3 is 1. The average molecular weight is 317 g/mol. The van der Waals surface area contributed by atoms with Crippen LogP contribution in [-0.4, -0.2) is 41.3 Å². The Morgan fingerprint density at radius 2 is 2.13 bits per heavy atom. The van der Waals surface area contributed by atoms with Crippen LogP contribution in [-0.2, 0) is 10.2 Å². The van der Waals surface area contributed by atoms with E-state index in [1.165, 1.54) is 13.2 Å². The van der Waals surface area contributed by atoms with Crippen molar-refractivity contribution in [3.05, 3.63) is 35.4 Å². The van der Waals surface area contributed by atoms with Crippen LogP contribution in [0.2, 0.25) is 0 Å². The fourth-order valence-electron chi connectivity index (χ4n) is 4.24. The van der Waals surface area contributed by atoms with Gasteiger partial charge in [0.15, 0.2) is 17.3 Å². The maximum absolute atomic E-state index is 12.2. The van der Waals surface area contributed by atoms with Crippen molar-refractivity contribution in [1.82, 2.24) is 5.32 Å². The first kappa shape index (κ1) is 16.0. The summed E-state index contributed by atoms with van der Waals surface area (Å²) in [4.78, 5) is 12.2. The van der Waals surface area contributed by atoms with Crippen molar-refractivity contribution in [2.24, 2.45) is 0 Å². The van der Waals surface area contributed by atoms with Crippen molar-refractivity contribution >= 4 is 5.78 Å². The summed E-state index contributed by atoms with van der Waals surface area (Å²) in [6.45, 7) is 4.46. The molecule has 1 fully saturated rings. The lowest BCUT2D eigenvalue weighted by Crippen LogP contribution is -2.67. The minimum absolute atomic E-state index is 0.0168. The summed E-state index contributed by atoms with van der Waals surface area (Å²) in [6, 6.07) is 3.33. The topological polar surface area (TPSA) is 78.8 Å². The number of carbonyl (C=O) groups excluding carboxylic acids is 1. The van der Waals surface area contributed by atoms with Gasteiger partial charge in [-0.3, -0.25) is 4.79 Å². The van der Waals surface area contributed by atoms with E-state index in [-0.39, 0.29) is 24.0 Å². The summed E-state index contributed by atoms with van der Waals surface area (Å²) >= 11 is 0. The van der Waals surface area contributed by atoms with Gasteiger partial charge in [0, 0.05) is 23.4 Å². The smallest absolute Gasteiger partial charge is 0.161 e. The number of phenolic OH excluding ortho intramolecular Hbond substituents is 1. The number of rotatable bonds is 2. The van der Waals surface area contributed by atoms with Gasteiger partial charge in [0.1, 0.15) is 5.60 Å². The van der Waals surface area contributed by atoms with Crippen molar-refractivity contribution in [1.29, 1.82) is 0 Å². The maximum atomic E-state index is 12.2. The number of hydrogen-bond donors (Lipinski definition) is 3. The third-order valence-electron chi connectivity index (χ3n) is 5.48. The Labute approximate surface area is 136 Å². The highest BCUT2D eigenvalue weighted by molar-refractivity contribution is 5.93. The number of phenols is 1. The van der Waals surface area contributed by atoms with Crippen molar-refractivity contribution in [2.75, 3.05) is 13.7 Å². The molecule has 1 aliphatic carbocycles. The van der Waals surface area contributed by atoms with Gasteiger partial charge in [-0.25, -0.2) is 0 Å². The summed E-state index contributed by atoms with van der Waals surface area (Å²) in [7, 11) is 1.50. The third kappa shape index (κ3) is 2.11. The van der Waals surface area contributed by atoms with Gasteiger partial charge in [-0.1, -0.05) is 6.07 Å². The first-order valence-electron chi connectivity index (χ1n) is 7.90. The molecule has 1 heterocycles. The van der Waals surface area contributed by atoms with Gasteiger partial charge < -0.3 is 20.3 Å². The molecule has 2 aliphatic rings. The normalized spacial score (nSPS) is 33.4. The molecule has 1 aromatic rings. The Bertz CT molecular complexity index is 684. The molecule has 0 spiro atoms. The zero-order valence-corrected chi connectivity index (χ0v) is 13.7. The second kappa shape index (κ2) is 5.35. The SMILES string of the molecule is COc1ccc(C)c([C@]23CCN[C@H](C)[C@]2(O)C=CC(=O)C3)c1O. The minimum Gasteiger partial charge on any atom is -0.504 e. The van der Waals surface area contributed by atoms with E-state index in [4.69, 9.17) is 4.74 Å². The molecule has 5 heteroatoms. The zero-order valence-electron chi connectivity index (χ0n) is 13.7. The molecule has 0 saturated carbocycles. The first-order valence-corrected chi connectivity index (χ1v) is 7.90.